The molecule has 1 aromatic heterocycles. The second-order valence-corrected chi connectivity index (χ2v) is 6.71. The van der Waals surface area contributed by atoms with Crippen LogP contribution in [0, 0.1) is 11.8 Å². The van der Waals surface area contributed by atoms with Crippen molar-refractivity contribution in [1.82, 2.24) is 4.98 Å². The molecular weight excluding hydrogens is 316 g/mol. The van der Waals surface area contributed by atoms with Crippen molar-refractivity contribution in [1.29, 1.82) is 0 Å². The monoisotopic (exact) mass is 334 g/mol. The van der Waals surface area contributed by atoms with E-state index in [4.69, 9.17) is 4.74 Å². The van der Waals surface area contributed by atoms with E-state index < -0.39 is 17.8 Å². The molecule has 2 aromatic rings. The number of aliphatic carboxylic acids is 1. The van der Waals surface area contributed by atoms with Crippen molar-refractivity contribution in [2.24, 2.45) is 11.8 Å². The van der Waals surface area contributed by atoms with E-state index in [1.807, 2.05) is 18.2 Å². The van der Waals surface area contributed by atoms with Crippen LogP contribution >= 0.6 is 11.3 Å². The van der Waals surface area contributed by atoms with Gasteiger partial charge in [0.2, 0.25) is 5.91 Å². The smallest absolute Gasteiger partial charge is 0.307 e. The van der Waals surface area contributed by atoms with Crippen LogP contribution in [0.1, 0.15) is 25.7 Å². The van der Waals surface area contributed by atoms with Gasteiger partial charge in [0.25, 0.3) is 0 Å². The van der Waals surface area contributed by atoms with Crippen molar-refractivity contribution >= 4 is 38.6 Å². The first-order valence-corrected chi connectivity index (χ1v) is 8.38. The Hall–Kier alpha value is -2.15. The summed E-state index contributed by atoms with van der Waals surface area (Å²) in [5.74, 6) is -1.49. The topological polar surface area (TPSA) is 88.5 Å². The molecule has 0 spiro atoms. The number of anilines is 1. The van der Waals surface area contributed by atoms with E-state index in [0.717, 1.165) is 28.8 Å². The van der Waals surface area contributed by atoms with E-state index in [1.165, 1.54) is 11.3 Å². The molecule has 0 saturated heterocycles. The third-order valence-electron chi connectivity index (χ3n) is 4.25. The van der Waals surface area contributed by atoms with Gasteiger partial charge in [0.15, 0.2) is 5.13 Å². The number of ether oxygens (including phenoxy) is 1. The second-order valence-electron chi connectivity index (χ2n) is 5.68. The Balaban J connectivity index is 1.77. The standard InChI is InChI=1S/C16H18N2O4S/c1-22-9-6-7-12-13(8-9)23-16(17-12)18-14(19)10-4-2-3-5-11(10)15(20)21/h6-8,10-11H,2-5H2,1H3,(H,20,21)(H,17,18,19)/t10-,11-/m0/s1. The molecule has 1 aliphatic carbocycles. The summed E-state index contributed by atoms with van der Waals surface area (Å²) in [6.07, 6.45) is 2.92. The number of rotatable bonds is 4. The Bertz CT molecular complexity index is 743. The van der Waals surface area contributed by atoms with Crippen molar-refractivity contribution in [3.8, 4) is 5.75 Å². The lowest BCUT2D eigenvalue weighted by molar-refractivity contribution is -0.147. The molecule has 0 aliphatic heterocycles. The zero-order chi connectivity index (χ0) is 16.4. The first-order chi connectivity index (χ1) is 11.1. The van der Waals surface area contributed by atoms with Gasteiger partial charge in [-0.05, 0) is 31.0 Å². The Morgan fingerprint density at radius 1 is 1.30 bits per heavy atom. The summed E-state index contributed by atoms with van der Waals surface area (Å²) in [4.78, 5) is 28.2. The van der Waals surface area contributed by atoms with Crippen molar-refractivity contribution in [3.63, 3.8) is 0 Å². The SMILES string of the molecule is COc1ccc2nc(NC(=O)[C@H]3CCCC[C@@H]3C(=O)O)sc2c1. The average molecular weight is 334 g/mol. The molecule has 2 N–H and O–H groups in total. The van der Waals surface area contributed by atoms with Gasteiger partial charge in [0.05, 0.1) is 29.2 Å². The molecule has 1 aliphatic rings. The van der Waals surface area contributed by atoms with E-state index >= 15 is 0 Å². The maximum Gasteiger partial charge on any atom is 0.307 e. The zero-order valence-electron chi connectivity index (χ0n) is 12.7. The van der Waals surface area contributed by atoms with Gasteiger partial charge in [0, 0.05) is 0 Å². The molecule has 122 valence electrons. The van der Waals surface area contributed by atoms with Gasteiger partial charge in [0.1, 0.15) is 5.75 Å². The molecule has 7 heteroatoms. The van der Waals surface area contributed by atoms with E-state index in [0.29, 0.717) is 18.0 Å². The fourth-order valence-corrected chi connectivity index (χ4v) is 3.92. The largest absolute Gasteiger partial charge is 0.497 e. The Morgan fingerprint density at radius 3 is 2.74 bits per heavy atom. The van der Waals surface area contributed by atoms with Crippen LogP contribution in [0.25, 0.3) is 10.2 Å². The number of carboxylic acid groups (broad SMARTS) is 1. The van der Waals surface area contributed by atoms with E-state index in [-0.39, 0.29) is 5.91 Å². The average Bonchev–Trinajstić information content (AvgIpc) is 2.95. The molecule has 3 rings (SSSR count). The third kappa shape index (κ3) is 3.29. The van der Waals surface area contributed by atoms with Crippen LogP contribution in [0.15, 0.2) is 18.2 Å². The molecule has 0 unspecified atom stereocenters. The van der Waals surface area contributed by atoms with Gasteiger partial charge >= 0.3 is 5.97 Å². The number of nitrogens with one attached hydrogen (secondary N) is 1. The molecule has 2 atom stereocenters. The number of hydrogen-bond acceptors (Lipinski definition) is 5. The number of aromatic nitrogens is 1. The number of methoxy groups -OCH3 is 1. The van der Waals surface area contributed by atoms with Gasteiger partial charge in [-0.2, -0.15) is 0 Å². The Morgan fingerprint density at radius 2 is 2.04 bits per heavy atom. The molecule has 1 aromatic carbocycles. The number of fused-ring (bicyclic) bond motifs is 1. The maximum atomic E-state index is 12.4. The number of carbonyl (C=O) groups excluding carboxylic acids is 1. The summed E-state index contributed by atoms with van der Waals surface area (Å²) >= 11 is 1.36. The normalized spacial score (nSPS) is 21.1. The molecule has 23 heavy (non-hydrogen) atoms. The molecular formula is C16H18N2O4S. The van der Waals surface area contributed by atoms with E-state index in [9.17, 15) is 14.7 Å². The molecule has 6 nitrogen and oxygen atoms in total. The van der Waals surface area contributed by atoms with E-state index in [2.05, 4.69) is 10.3 Å². The van der Waals surface area contributed by atoms with Crippen LogP contribution < -0.4 is 10.1 Å². The first-order valence-electron chi connectivity index (χ1n) is 7.56. The number of carbonyl (C=O) groups is 2. The fraction of sp³-hybridized carbons (Fsp3) is 0.438. The molecule has 0 radical (unpaired) electrons. The lowest BCUT2D eigenvalue weighted by Gasteiger charge is -2.26. The van der Waals surface area contributed by atoms with Crippen LogP contribution in [-0.4, -0.2) is 29.1 Å². The van der Waals surface area contributed by atoms with E-state index in [1.54, 1.807) is 7.11 Å². The molecule has 1 amide bonds. The molecule has 1 heterocycles. The van der Waals surface area contributed by atoms with Gasteiger partial charge in [-0.25, -0.2) is 4.98 Å². The summed E-state index contributed by atoms with van der Waals surface area (Å²) in [7, 11) is 1.60. The number of nitrogens with zero attached hydrogens (tertiary/aromatic N) is 1. The van der Waals surface area contributed by atoms with Crippen LogP contribution in [-0.2, 0) is 9.59 Å². The molecule has 0 bridgehead atoms. The summed E-state index contributed by atoms with van der Waals surface area (Å²) in [6, 6.07) is 5.51. The lowest BCUT2D eigenvalue weighted by atomic mass is 9.79. The highest BCUT2D eigenvalue weighted by Gasteiger charge is 2.35. The molecule has 1 fully saturated rings. The van der Waals surface area contributed by atoms with Crippen molar-refractivity contribution in [2.75, 3.05) is 12.4 Å². The van der Waals surface area contributed by atoms with Crippen LogP contribution in [0.2, 0.25) is 0 Å². The fourth-order valence-electron chi connectivity index (χ4n) is 3.02. The molecule has 1 saturated carbocycles. The third-order valence-corrected chi connectivity index (χ3v) is 5.18. The van der Waals surface area contributed by atoms with Crippen molar-refractivity contribution in [3.05, 3.63) is 18.2 Å². The Kier molecular flexibility index (Phi) is 4.47. The summed E-state index contributed by atoms with van der Waals surface area (Å²) < 4.78 is 6.09. The van der Waals surface area contributed by atoms with Crippen LogP contribution in [0.4, 0.5) is 5.13 Å². The minimum Gasteiger partial charge on any atom is -0.497 e. The predicted molar refractivity (Wildman–Crippen MR) is 87.9 cm³/mol. The maximum absolute atomic E-state index is 12.4. The van der Waals surface area contributed by atoms with Crippen LogP contribution in [0.3, 0.4) is 0 Å². The number of amides is 1. The van der Waals surface area contributed by atoms with Crippen LogP contribution in [0.5, 0.6) is 5.75 Å². The number of benzene rings is 1. The number of thiazole rings is 1. The predicted octanol–water partition coefficient (Wildman–Crippen LogP) is 3.13. The van der Waals surface area contributed by atoms with Crippen molar-refractivity contribution < 1.29 is 19.4 Å². The zero-order valence-corrected chi connectivity index (χ0v) is 13.6. The summed E-state index contributed by atoms with van der Waals surface area (Å²) in [6.45, 7) is 0. The van der Waals surface area contributed by atoms with Gasteiger partial charge in [-0.15, -0.1) is 0 Å². The van der Waals surface area contributed by atoms with Crippen molar-refractivity contribution in [2.45, 2.75) is 25.7 Å². The lowest BCUT2D eigenvalue weighted by Crippen LogP contribution is -2.36. The number of hydrogen-bond donors (Lipinski definition) is 2. The minimum absolute atomic E-state index is 0.247. The first kappa shape index (κ1) is 15.7. The second kappa shape index (κ2) is 6.54. The van der Waals surface area contributed by atoms with Gasteiger partial charge in [-0.3, -0.25) is 9.59 Å². The quantitative estimate of drug-likeness (QED) is 0.897. The van der Waals surface area contributed by atoms with Gasteiger partial charge < -0.3 is 15.2 Å². The highest BCUT2D eigenvalue weighted by Crippen LogP contribution is 2.33. The highest BCUT2D eigenvalue weighted by atomic mass is 32.1. The summed E-state index contributed by atoms with van der Waals surface area (Å²) in [5, 5.41) is 12.6. The highest BCUT2D eigenvalue weighted by molar-refractivity contribution is 7.22. The summed E-state index contributed by atoms with van der Waals surface area (Å²) in [5.41, 5.74) is 0.782. The Labute approximate surface area is 137 Å². The van der Waals surface area contributed by atoms with Gasteiger partial charge in [-0.1, -0.05) is 24.2 Å². The minimum atomic E-state index is -0.890. The number of carboxylic acids is 1.